The van der Waals surface area contributed by atoms with Crippen LogP contribution in [0.5, 0.6) is 0 Å². The minimum Gasteiger partial charge on any atom is -0.452 e. The Bertz CT molecular complexity index is 1930. The van der Waals surface area contributed by atoms with Gasteiger partial charge >= 0.3 is 23.9 Å². The zero-order valence-electron chi connectivity index (χ0n) is 28.3. The van der Waals surface area contributed by atoms with E-state index in [0.29, 0.717) is 30.7 Å². The monoisotopic (exact) mass is 988 g/mol. The third-order valence-electron chi connectivity index (χ3n) is 9.61. The predicted molar refractivity (Wildman–Crippen MR) is 209 cm³/mol. The van der Waals surface area contributed by atoms with E-state index in [1.807, 2.05) is 0 Å². The molecule has 280 valence electrons. The minimum atomic E-state index is -1.57. The Morgan fingerprint density at radius 2 is 0.722 bits per heavy atom. The number of rotatable bonds is 8. The first-order valence-corrected chi connectivity index (χ1v) is 20.4. The molecule has 0 aromatic heterocycles. The van der Waals surface area contributed by atoms with Crippen molar-refractivity contribution in [3.8, 4) is 0 Å². The number of ether oxygens (including phenoxy) is 6. The van der Waals surface area contributed by atoms with E-state index in [0.717, 1.165) is 19.3 Å². The van der Waals surface area contributed by atoms with Gasteiger partial charge in [0.1, 0.15) is 12.2 Å². The van der Waals surface area contributed by atoms with E-state index in [4.69, 9.17) is 28.4 Å². The smallest absolute Gasteiger partial charge is 0.339 e. The zero-order valence-corrected chi connectivity index (χ0v) is 34.7. The molecule has 0 radical (unpaired) electrons. The Morgan fingerprint density at radius 3 is 1.02 bits per heavy atom. The van der Waals surface area contributed by atoms with Crippen LogP contribution in [-0.4, -0.2) is 66.3 Å². The summed E-state index contributed by atoms with van der Waals surface area (Å²) in [4.78, 5) is 56.2. The summed E-state index contributed by atoms with van der Waals surface area (Å²) in [7, 11) is 0. The van der Waals surface area contributed by atoms with Gasteiger partial charge in [-0.25, -0.2) is 19.2 Å². The first-order chi connectivity index (χ1) is 26.0. The largest absolute Gasteiger partial charge is 0.452 e. The van der Waals surface area contributed by atoms with Gasteiger partial charge in [0.15, 0.2) is 30.2 Å². The number of hydrogen-bond donors (Lipinski definition) is 0. The third-order valence-corrected chi connectivity index (χ3v) is 12.4. The Labute approximate surface area is 344 Å². The van der Waals surface area contributed by atoms with Gasteiger partial charge in [-0.05, 0) is 125 Å². The van der Waals surface area contributed by atoms with Gasteiger partial charge in [0.05, 0.1) is 22.3 Å². The molecule has 3 fully saturated rings. The molecule has 0 unspecified atom stereocenters. The second kappa shape index (κ2) is 16.8. The maximum atomic E-state index is 14.1. The lowest BCUT2D eigenvalue weighted by Gasteiger charge is -2.44. The SMILES string of the molecule is O=C(O[C@@H]1[C@H](OC(=O)c2ccccc2Br)[C@@H](OC(=O)c2ccccc2Br)[C@@H]2OC3(CCCCC3)O[C@@H]2[C@H]1OC(=O)c1ccccc1Br)c1ccccc1Br. The zero-order chi connectivity index (χ0) is 38.0. The highest BCUT2D eigenvalue weighted by molar-refractivity contribution is 9.11. The van der Waals surface area contributed by atoms with Gasteiger partial charge in [0.2, 0.25) is 0 Å². The average molecular weight is 992 g/mol. The maximum absolute atomic E-state index is 14.1. The number of halogens is 4. The highest BCUT2D eigenvalue weighted by Crippen LogP contribution is 2.48. The molecule has 1 saturated heterocycles. The molecule has 2 saturated carbocycles. The summed E-state index contributed by atoms with van der Waals surface area (Å²) in [5.41, 5.74) is 0.696. The van der Waals surface area contributed by atoms with Crippen molar-refractivity contribution < 1.29 is 47.6 Å². The Hall–Kier alpha value is -3.40. The lowest BCUT2D eigenvalue weighted by Crippen LogP contribution is -2.66. The van der Waals surface area contributed by atoms with E-state index in [1.54, 1.807) is 97.1 Å². The highest BCUT2D eigenvalue weighted by atomic mass is 79.9. The van der Waals surface area contributed by atoms with Gasteiger partial charge in [0, 0.05) is 30.7 Å². The minimum absolute atomic E-state index is 0.153. The quantitative estimate of drug-likeness (QED) is 0.125. The van der Waals surface area contributed by atoms with Crippen LogP contribution in [0.4, 0.5) is 0 Å². The van der Waals surface area contributed by atoms with Crippen molar-refractivity contribution in [3.63, 3.8) is 0 Å². The second-order valence-corrected chi connectivity index (χ2v) is 16.5. The Balaban J connectivity index is 1.37. The fourth-order valence-electron chi connectivity index (χ4n) is 7.03. The number of benzene rings is 4. The van der Waals surface area contributed by atoms with Crippen LogP contribution in [0.1, 0.15) is 73.5 Å². The van der Waals surface area contributed by atoms with Crippen LogP contribution in [-0.2, 0) is 28.4 Å². The van der Waals surface area contributed by atoms with Crippen LogP contribution in [0.2, 0.25) is 0 Å². The van der Waals surface area contributed by atoms with E-state index in [-0.39, 0.29) is 22.3 Å². The molecule has 2 aliphatic carbocycles. The molecule has 0 amide bonds. The molecule has 54 heavy (non-hydrogen) atoms. The van der Waals surface area contributed by atoms with Gasteiger partial charge < -0.3 is 28.4 Å². The number of carbonyl (C=O) groups is 4. The lowest BCUT2D eigenvalue weighted by molar-refractivity contribution is -0.203. The number of esters is 4. The van der Waals surface area contributed by atoms with E-state index in [2.05, 4.69) is 63.7 Å². The van der Waals surface area contributed by atoms with Gasteiger partial charge in [-0.3, -0.25) is 0 Å². The van der Waals surface area contributed by atoms with Crippen LogP contribution < -0.4 is 0 Å². The topological polar surface area (TPSA) is 124 Å². The normalized spacial score (nSPS) is 24.2. The molecular formula is C40H32Br4O10. The van der Waals surface area contributed by atoms with Crippen LogP contribution in [0, 0.1) is 0 Å². The molecule has 3 aliphatic rings. The third kappa shape index (κ3) is 8.10. The first-order valence-electron chi connectivity index (χ1n) is 17.2. The summed E-state index contributed by atoms with van der Waals surface area (Å²) < 4.78 is 40.4. The van der Waals surface area contributed by atoms with Crippen molar-refractivity contribution in [2.45, 2.75) is 74.5 Å². The van der Waals surface area contributed by atoms with Crippen molar-refractivity contribution in [2.24, 2.45) is 0 Å². The summed E-state index contributed by atoms with van der Waals surface area (Å²) in [6, 6.07) is 26.7. The van der Waals surface area contributed by atoms with Gasteiger partial charge in [-0.1, -0.05) is 55.0 Å². The average Bonchev–Trinajstić information content (AvgIpc) is 3.53. The second-order valence-electron chi connectivity index (χ2n) is 13.0. The fraction of sp³-hybridized carbons (Fsp3) is 0.300. The molecule has 0 bridgehead atoms. The van der Waals surface area contributed by atoms with E-state index in [9.17, 15) is 19.2 Å². The van der Waals surface area contributed by atoms with Crippen LogP contribution in [0.15, 0.2) is 115 Å². The summed E-state index contributed by atoms with van der Waals surface area (Å²) in [6.07, 6.45) is -4.61. The molecule has 4 aromatic carbocycles. The molecule has 7 rings (SSSR count). The van der Waals surface area contributed by atoms with E-state index in [1.165, 1.54) is 0 Å². The summed E-state index contributed by atoms with van der Waals surface area (Å²) in [6.45, 7) is 0. The van der Waals surface area contributed by atoms with Crippen LogP contribution in [0.3, 0.4) is 0 Å². The Morgan fingerprint density at radius 1 is 0.444 bits per heavy atom. The molecule has 1 aliphatic heterocycles. The number of fused-ring (bicyclic) bond motifs is 1. The highest BCUT2D eigenvalue weighted by Gasteiger charge is 2.65. The van der Waals surface area contributed by atoms with Crippen LogP contribution in [0.25, 0.3) is 0 Å². The fourth-order valence-corrected chi connectivity index (χ4v) is 8.82. The molecule has 6 atom stereocenters. The predicted octanol–water partition coefficient (Wildman–Crippen LogP) is 9.40. The standard InChI is InChI=1S/C40H32Br4O10/c41-26-16-6-2-12-22(26)36(45)49-30-31(50-37(46)23-13-3-7-17-27(23)42)33(52-39(48)25-15-5-9-19-29(25)44)35-34(53-40(54-35)20-10-1-11-21-40)32(30)51-38(47)24-14-4-8-18-28(24)43/h2-9,12-19,30-35H,1,10-11,20-21H2/t30-,31+,32+,33-,34-,35+. The molecule has 1 heterocycles. The first kappa shape index (κ1) is 38.9. The summed E-state index contributed by atoms with van der Waals surface area (Å²) >= 11 is 13.7. The van der Waals surface area contributed by atoms with Gasteiger partial charge in [-0.2, -0.15) is 0 Å². The van der Waals surface area contributed by atoms with Gasteiger partial charge in [-0.15, -0.1) is 0 Å². The van der Waals surface area contributed by atoms with E-state index >= 15 is 0 Å². The van der Waals surface area contributed by atoms with Crippen molar-refractivity contribution in [1.29, 1.82) is 0 Å². The van der Waals surface area contributed by atoms with Crippen molar-refractivity contribution in [2.75, 3.05) is 0 Å². The van der Waals surface area contributed by atoms with Crippen molar-refractivity contribution >= 4 is 87.6 Å². The molecule has 4 aromatic rings. The van der Waals surface area contributed by atoms with Crippen LogP contribution >= 0.6 is 63.7 Å². The van der Waals surface area contributed by atoms with Crippen molar-refractivity contribution in [1.82, 2.24) is 0 Å². The molecule has 14 heteroatoms. The Kier molecular flexibility index (Phi) is 12.1. The lowest BCUT2D eigenvalue weighted by atomic mass is 9.84. The molecule has 10 nitrogen and oxygen atoms in total. The summed E-state index contributed by atoms with van der Waals surface area (Å²) in [5, 5.41) is 0. The van der Waals surface area contributed by atoms with E-state index < -0.39 is 66.3 Å². The number of carbonyl (C=O) groups excluding carboxylic acids is 4. The maximum Gasteiger partial charge on any atom is 0.339 e. The molecule has 0 N–H and O–H groups in total. The summed E-state index contributed by atoms with van der Waals surface area (Å²) in [5.74, 6) is -4.29. The molecular weight excluding hydrogens is 960 g/mol. The van der Waals surface area contributed by atoms with Gasteiger partial charge in [0.25, 0.3) is 0 Å². The number of hydrogen-bond acceptors (Lipinski definition) is 10. The van der Waals surface area contributed by atoms with Crippen molar-refractivity contribution in [3.05, 3.63) is 137 Å². The molecule has 1 spiro atoms.